The van der Waals surface area contributed by atoms with Gasteiger partial charge in [0.05, 0.1) is 0 Å². The maximum atomic E-state index is 5.93. The van der Waals surface area contributed by atoms with Crippen molar-refractivity contribution in [3.8, 4) is 0 Å². The summed E-state index contributed by atoms with van der Waals surface area (Å²) in [6.07, 6.45) is 7.85. The van der Waals surface area contributed by atoms with Crippen LogP contribution >= 0.6 is 11.6 Å². The van der Waals surface area contributed by atoms with Crippen LogP contribution < -0.4 is 11.1 Å². The third-order valence-corrected chi connectivity index (χ3v) is 4.00. The molecule has 0 amide bonds. The van der Waals surface area contributed by atoms with Crippen molar-refractivity contribution in [2.45, 2.75) is 51.5 Å². The molecular weight excluding hydrogens is 246 g/mol. The van der Waals surface area contributed by atoms with Crippen molar-refractivity contribution in [1.29, 1.82) is 0 Å². The predicted molar refractivity (Wildman–Crippen MR) is 77.9 cm³/mol. The van der Waals surface area contributed by atoms with Gasteiger partial charge in [0.1, 0.15) is 11.0 Å². The highest BCUT2D eigenvalue weighted by molar-refractivity contribution is 6.29. The van der Waals surface area contributed by atoms with Crippen LogP contribution in [-0.2, 0) is 0 Å². The molecule has 0 aliphatic heterocycles. The van der Waals surface area contributed by atoms with Gasteiger partial charge in [-0.05, 0) is 31.2 Å². The van der Waals surface area contributed by atoms with Crippen molar-refractivity contribution in [1.82, 2.24) is 4.98 Å². The van der Waals surface area contributed by atoms with Gasteiger partial charge in [-0.1, -0.05) is 37.8 Å². The molecule has 1 aliphatic rings. The van der Waals surface area contributed by atoms with E-state index in [4.69, 9.17) is 17.3 Å². The van der Waals surface area contributed by atoms with Gasteiger partial charge < -0.3 is 11.1 Å². The van der Waals surface area contributed by atoms with Crippen molar-refractivity contribution in [3.63, 3.8) is 0 Å². The summed E-state index contributed by atoms with van der Waals surface area (Å²) in [6.45, 7) is 2.22. The molecule has 18 heavy (non-hydrogen) atoms. The quantitative estimate of drug-likeness (QED) is 0.808. The molecule has 1 heterocycles. The third-order valence-electron chi connectivity index (χ3n) is 3.81. The number of pyridine rings is 1. The van der Waals surface area contributed by atoms with E-state index in [1.807, 2.05) is 6.07 Å². The minimum absolute atomic E-state index is 0.455. The van der Waals surface area contributed by atoms with Gasteiger partial charge in [-0.3, -0.25) is 0 Å². The van der Waals surface area contributed by atoms with Crippen LogP contribution in [0.5, 0.6) is 0 Å². The SMILES string of the molecule is CCC(Nc1cc(N)cc(Cl)n1)C1CCCCC1. The van der Waals surface area contributed by atoms with Gasteiger partial charge >= 0.3 is 0 Å². The average molecular weight is 268 g/mol. The number of nitrogen functional groups attached to an aromatic ring is 1. The maximum absolute atomic E-state index is 5.93. The number of halogens is 1. The van der Waals surface area contributed by atoms with E-state index in [9.17, 15) is 0 Å². The highest BCUT2D eigenvalue weighted by Gasteiger charge is 2.22. The predicted octanol–water partition coefficient (Wildman–Crippen LogP) is 4.09. The van der Waals surface area contributed by atoms with E-state index >= 15 is 0 Å². The maximum Gasteiger partial charge on any atom is 0.133 e. The van der Waals surface area contributed by atoms with Crippen molar-refractivity contribution < 1.29 is 0 Å². The first kappa shape index (κ1) is 13.5. The van der Waals surface area contributed by atoms with Crippen molar-refractivity contribution in [2.75, 3.05) is 11.1 Å². The third kappa shape index (κ3) is 3.52. The Morgan fingerprint density at radius 1 is 1.39 bits per heavy atom. The molecule has 0 radical (unpaired) electrons. The molecule has 3 nitrogen and oxygen atoms in total. The molecule has 1 unspecified atom stereocenters. The Labute approximate surface area is 114 Å². The molecule has 3 N–H and O–H groups in total. The number of nitrogens with one attached hydrogen (secondary N) is 1. The van der Waals surface area contributed by atoms with Crippen LogP contribution in [0.3, 0.4) is 0 Å². The van der Waals surface area contributed by atoms with E-state index in [0.717, 1.165) is 18.2 Å². The summed E-state index contributed by atoms with van der Waals surface area (Å²) in [5.74, 6) is 1.56. The molecule has 1 aromatic rings. The number of rotatable bonds is 4. The number of nitrogens with zero attached hydrogens (tertiary/aromatic N) is 1. The number of hydrogen-bond acceptors (Lipinski definition) is 3. The first-order valence-electron chi connectivity index (χ1n) is 6.88. The zero-order chi connectivity index (χ0) is 13.0. The molecule has 2 rings (SSSR count). The van der Waals surface area contributed by atoms with Gasteiger partial charge in [-0.25, -0.2) is 4.98 Å². The zero-order valence-corrected chi connectivity index (χ0v) is 11.7. The topological polar surface area (TPSA) is 50.9 Å². The van der Waals surface area contributed by atoms with Crippen LogP contribution in [0.1, 0.15) is 45.4 Å². The Hall–Kier alpha value is -0.960. The van der Waals surface area contributed by atoms with E-state index in [2.05, 4.69) is 17.2 Å². The van der Waals surface area contributed by atoms with E-state index < -0.39 is 0 Å². The summed E-state index contributed by atoms with van der Waals surface area (Å²) in [7, 11) is 0. The van der Waals surface area contributed by atoms with Gasteiger partial charge in [0.2, 0.25) is 0 Å². The van der Waals surface area contributed by atoms with Crippen molar-refractivity contribution in [3.05, 3.63) is 17.3 Å². The Morgan fingerprint density at radius 3 is 2.72 bits per heavy atom. The molecule has 0 saturated heterocycles. The largest absolute Gasteiger partial charge is 0.399 e. The number of aromatic nitrogens is 1. The summed E-state index contributed by atoms with van der Waals surface area (Å²) in [5, 5.41) is 3.96. The molecule has 4 heteroatoms. The molecule has 1 atom stereocenters. The molecule has 0 aromatic carbocycles. The number of anilines is 2. The number of hydrogen-bond donors (Lipinski definition) is 2. The molecule has 1 fully saturated rings. The Morgan fingerprint density at radius 2 is 2.11 bits per heavy atom. The van der Waals surface area contributed by atoms with Gasteiger partial charge in [0.25, 0.3) is 0 Å². The Bertz CT molecular complexity index is 368. The van der Waals surface area contributed by atoms with Crippen LogP contribution in [0.25, 0.3) is 0 Å². The second kappa shape index (κ2) is 6.28. The monoisotopic (exact) mass is 267 g/mol. The second-order valence-corrected chi connectivity index (χ2v) is 5.55. The summed E-state index contributed by atoms with van der Waals surface area (Å²) in [5.41, 5.74) is 6.45. The van der Waals surface area contributed by atoms with Crippen LogP contribution in [-0.4, -0.2) is 11.0 Å². The van der Waals surface area contributed by atoms with Crippen molar-refractivity contribution in [2.24, 2.45) is 5.92 Å². The van der Waals surface area contributed by atoms with Crippen LogP contribution in [0.2, 0.25) is 5.15 Å². The molecule has 0 bridgehead atoms. The average Bonchev–Trinajstić information content (AvgIpc) is 2.36. The molecule has 0 spiro atoms. The fraction of sp³-hybridized carbons (Fsp3) is 0.643. The summed E-state index contributed by atoms with van der Waals surface area (Å²) in [4.78, 5) is 4.29. The highest BCUT2D eigenvalue weighted by Crippen LogP contribution is 2.29. The lowest BCUT2D eigenvalue weighted by Crippen LogP contribution is -2.30. The van der Waals surface area contributed by atoms with Crippen LogP contribution in [0.4, 0.5) is 11.5 Å². The lowest BCUT2D eigenvalue weighted by Gasteiger charge is -2.30. The smallest absolute Gasteiger partial charge is 0.133 e. The number of nitrogens with two attached hydrogens (primary N) is 1. The van der Waals surface area contributed by atoms with E-state index in [1.165, 1.54) is 32.1 Å². The van der Waals surface area contributed by atoms with Gasteiger partial charge in [-0.15, -0.1) is 0 Å². The second-order valence-electron chi connectivity index (χ2n) is 5.17. The molecule has 1 saturated carbocycles. The van der Waals surface area contributed by atoms with Crippen LogP contribution in [0, 0.1) is 5.92 Å². The minimum Gasteiger partial charge on any atom is -0.399 e. The molecule has 1 aliphatic carbocycles. The lowest BCUT2D eigenvalue weighted by atomic mass is 9.83. The van der Waals surface area contributed by atoms with Crippen molar-refractivity contribution >= 4 is 23.1 Å². The normalized spacial score (nSPS) is 18.6. The first-order valence-corrected chi connectivity index (χ1v) is 7.26. The Balaban J connectivity index is 2.04. The summed E-state index contributed by atoms with van der Waals surface area (Å²) < 4.78 is 0. The van der Waals surface area contributed by atoms with Gasteiger partial charge in [0, 0.05) is 17.8 Å². The van der Waals surface area contributed by atoms with Crippen LogP contribution in [0.15, 0.2) is 12.1 Å². The van der Waals surface area contributed by atoms with E-state index in [1.54, 1.807) is 6.07 Å². The highest BCUT2D eigenvalue weighted by atomic mass is 35.5. The molecule has 100 valence electrons. The zero-order valence-electron chi connectivity index (χ0n) is 11.0. The summed E-state index contributed by atoms with van der Waals surface area (Å²) >= 11 is 5.93. The molecular formula is C14H22ClN3. The fourth-order valence-electron chi connectivity index (χ4n) is 2.87. The Kier molecular flexibility index (Phi) is 4.70. The standard InChI is InChI=1S/C14H22ClN3/c1-2-12(10-6-4-3-5-7-10)17-14-9-11(16)8-13(15)18-14/h8-10,12H,2-7H2,1H3,(H3,16,17,18). The summed E-state index contributed by atoms with van der Waals surface area (Å²) in [6, 6.07) is 4.02. The van der Waals surface area contributed by atoms with E-state index in [0.29, 0.717) is 16.9 Å². The first-order chi connectivity index (χ1) is 8.69. The lowest BCUT2D eigenvalue weighted by molar-refractivity contribution is 0.312. The molecule has 1 aromatic heterocycles. The van der Waals surface area contributed by atoms with Gasteiger partial charge in [-0.2, -0.15) is 0 Å². The van der Waals surface area contributed by atoms with E-state index in [-0.39, 0.29) is 0 Å². The fourth-order valence-corrected chi connectivity index (χ4v) is 3.09. The van der Waals surface area contributed by atoms with Gasteiger partial charge in [0.15, 0.2) is 0 Å². The minimum atomic E-state index is 0.455.